The first-order chi connectivity index (χ1) is 8.66. The zero-order chi connectivity index (χ0) is 14.9. The lowest BCUT2D eigenvalue weighted by atomic mass is 9.86. The molecule has 0 aliphatic heterocycles. The maximum atomic E-state index is 8.33. The number of aliphatic imine (C=N–C) groups is 1. The molecular formula is C14H28N4S. The second-order valence-corrected chi connectivity index (χ2v) is 8.36. The molecule has 0 spiro atoms. The van der Waals surface area contributed by atoms with Crippen LogP contribution in [0, 0.1) is 16.9 Å². The summed E-state index contributed by atoms with van der Waals surface area (Å²) in [6.07, 6.45) is 5.09. The number of guanidine groups is 1. The summed E-state index contributed by atoms with van der Waals surface area (Å²) in [6.45, 7) is 12.2. The minimum absolute atomic E-state index is 0.211. The number of rotatable bonds is 7. The molecule has 0 aromatic rings. The third-order valence-electron chi connectivity index (χ3n) is 2.47. The van der Waals surface area contributed by atoms with E-state index in [4.69, 9.17) is 11.0 Å². The van der Waals surface area contributed by atoms with Crippen molar-refractivity contribution in [2.24, 2.45) is 16.1 Å². The summed E-state index contributed by atoms with van der Waals surface area (Å²) < 4.78 is 0.322. The van der Waals surface area contributed by atoms with E-state index in [1.165, 1.54) is 6.42 Å². The third kappa shape index (κ3) is 11.9. The summed E-state index contributed by atoms with van der Waals surface area (Å²) in [6, 6.07) is 0. The van der Waals surface area contributed by atoms with Gasteiger partial charge in [-0.25, -0.2) is 0 Å². The Kier molecular flexibility index (Phi) is 7.93. The molecule has 0 amide bonds. The Hall–Kier alpha value is -0.890. The molecule has 0 atom stereocenters. The lowest BCUT2D eigenvalue weighted by molar-refractivity contribution is 0.339. The highest BCUT2D eigenvalue weighted by molar-refractivity contribution is 8.00. The molecule has 5 heteroatoms. The van der Waals surface area contributed by atoms with Crippen LogP contribution in [0.3, 0.4) is 0 Å². The molecule has 0 aliphatic rings. The average molecular weight is 284 g/mol. The van der Waals surface area contributed by atoms with Gasteiger partial charge in [0.25, 0.3) is 0 Å². The summed E-state index contributed by atoms with van der Waals surface area (Å²) in [4.78, 5) is 4.06. The average Bonchev–Trinajstić information content (AvgIpc) is 2.20. The van der Waals surface area contributed by atoms with Crippen molar-refractivity contribution in [3.05, 3.63) is 0 Å². The van der Waals surface area contributed by atoms with Crippen molar-refractivity contribution < 1.29 is 0 Å². The molecule has 0 aromatic heterocycles. The van der Waals surface area contributed by atoms with E-state index in [0.29, 0.717) is 16.7 Å². The maximum absolute atomic E-state index is 8.33. The molecule has 0 saturated heterocycles. The summed E-state index contributed by atoms with van der Waals surface area (Å²) in [5.74, 6) is 1.35. The smallest absolute Gasteiger partial charge is 0.202 e. The van der Waals surface area contributed by atoms with Crippen LogP contribution in [0.4, 0.5) is 0 Å². The van der Waals surface area contributed by atoms with E-state index in [-0.39, 0.29) is 5.96 Å². The normalized spacial score (nSPS) is 13.2. The maximum Gasteiger partial charge on any atom is 0.202 e. The molecule has 4 nitrogen and oxygen atoms in total. The summed E-state index contributed by atoms with van der Waals surface area (Å²) in [5.41, 5.74) is 5.82. The molecule has 0 fully saturated rings. The number of nitrogens with one attached hydrogen (secondary N) is 1. The first-order valence-electron chi connectivity index (χ1n) is 6.75. The van der Waals surface area contributed by atoms with Crippen molar-refractivity contribution in [1.82, 2.24) is 5.32 Å². The highest BCUT2D eigenvalue weighted by Crippen LogP contribution is 2.36. The predicted molar refractivity (Wildman–Crippen MR) is 85.1 cm³/mol. The summed E-state index contributed by atoms with van der Waals surface area (Å²) in [7, 11) is 0. The fourth-order valence-corrected chi connectivity index (χ4v) is 3.62. The van der Waals surface area contributed by atoms with Crippen LogP contribution in [0.15, 0.2) is 4.99 Å². The van der Waals surface area contributed by atoms with Crippen LogP contribution in [0.1, 0.15) is 53.9 Å². The number of nitrogens with zero attached hydrogens (tertiary/aromatic N) is 2. The molecule has 0 rings (SSSR count). The fraction of sp³-hybridized carbons (Fsp3) is 0.857. The number of hydrogen-bond acceptors (Lipinski definition) is 3. The van der Waals surface area contributed by atoms with Gasteiger partial charge < -0.3 is 5.73 Å². The molecule has 19 heavy (non-hydrogen) atoms. The van der Waals surface area contributed by atoms with Gasteiger partial charge in [0.1, 0.15) is 0 Å². The monoisotopic (exact) mass is 284 g/mol. The van der Waals surface area contributed by atoms with Crippen LogP contribution in [-0.2, 0) is 0 Å². The van der Waals surface area contributed by atoms with Crippen molar-refractivity contribution in [3.8, 4) is 6.19 Å². The molecule has 0 aromatic carbocycles. The zero-order valence-electron chi connectivity index (χ0n) is 12.9. The molecular weight excluding hydrogens is 256 g/mol. The Morgan fingerprint density at radius 1 is 1.26 bits per heavy atom. The second kappa shape index (κ2) is 8.31. The highest BCUT2D eigenvalue weighted by Gasteiger charge is 2.25. The first-order valence-corrected chi connectivity index (χ1v) is 7.74. The molecule has 0 bridgehead atoms. The largest absolute Gasteiger partial charge is 0.369 e. The van der Waals surface area contributed by atoms with Gasteiger partial charge in [-0.05, 0) is 30.4 Å². The van der Waals surface area contributed by atoms with Crippen molar-refractivity contribution in [3.63, 3.8) is 0 Å². The van der Waals surface area contributed by atoms with Crippen molar-refractivity contribution >= 4 is 17.7 Å². The molecule has 0 saturated carbocycles. The van der Waals surface area contributed by atoms with Gasteiger partial charge in [0.15, 0.2) is 6.19 Å². The molecule has 3 N–H and O–H groups in total. The van der Waals surface area contributed by atoms with Crippen LogP contribution in [0.5, 0.6) is 0 Å². The summed E-state index contributed by atoms with van der Waals surface area (Å²) in [5, 5.41) is 10.6. The molecule has 110 valence electrons. The number of nitrogens with two attached hydrogens (primary N) is 1. The number of unbranched alkanes of at least 4 members (excludes halogenated alkanes) is 1. The number of nitriles is 1. The van der Waals surface area contributed by atoms with Crippen LogP contribution >= 0.6 is 11.8 Å². The Morgan fingerprint density at radius 3 is 2.42 bits per heavy atom. The van der Waals surface area contributed by atoms with E-state index in [1.807, 2.05) is 11.8 Å². The predicted octanol–water partition coefficient (Wildman–Crippen LogP) is 3.10. The topological polar surface area (TPSA) is 74.2 Å². The van der Waals surface area contributed by atoms with Crippen LogP contribution in [0.25, 0.3) is 0 Å². The lowest BCUT2D eigenvalue weighted by Gasteiger charge is -2.32. The van der Waals surface area contributed by atoms with Crippen LogP contribution in [-0.4, -0.2) is 23.0 Å². The van der Waals surface area contributed by atoms with E-state index in [2.05, 4.69) is 44.9 Å². The third-order valence-corrected chi connectivity index (χ3v) is 3.89. The van der Waals surface area contributed by atoms with Crippen molar-refractivity contribution in [1.29, 1.82) is 5.26 Å². The quantitative estimate of drug-likeness (QED) is 0.248. The summed E-state index contributed by atoms with van der Waals surface area (Å²) >= 11 is 2.03. The van der Waals surface area contributed by atoms with Gasteiger partial charge in [-0.2, -0.15) is 17.0 Å². The Morgan fingerprint density at radius 2 is 1.89 bits per heavy atom. The van der Waals surface area contributed by atoms with E-state index >= 15 is 0 Å². The minimum Gasteiger partial charge on any atom is -0.369 e. The van der Waals surface area contributed by atoms with E-state index < -0.39 is 0 Å². The number of hydrogen-bond donors (Lipinski definition) is 2. The van der Waals surface area contributed by atoms with Crippen molar-refractivity contribution in [2.75, 3.05) is 12.3 Å². The van der Waals surface area contributed by atoms with Gasteiger partial charge in [0.2, 0.25) is 5.96 Å². The van der Waals surface area contributed by atoms with Gasteiger partial charge in [0, 0.05) is 11.3 Å². The minimum atomic E-state index is 0.211. The van der Waals surface area contributed by atoms with Gasteiger partial charge >= 0.3 is 0 Å². The molecule has 0 radical (unpaired) electrons. The number of thioether (sulfide) groups is 1. The van der Waals surface area contributed by atoms with E-state index in [0.717, 1.165) is 18.6 Å². The zero-order valence-corrected chi connectivity index (χ0v) is 13.7. The second-order valence-electron chi connectivity index (χ2n) is 6.56. The Bertz CT molecular complexity index is 323. The van der Waals surface area contributed by atoms with E-state index in [1.54, 1.807) is 6.19 Å². The van der Waals surface area contributed by atoms with Gasteiger partial charge in [-0.3, -0.25) is 10.3 Å². The molecule has 0 unspecified atom stereocenters. The van der Waals surface area contributed by atoms with Crippen LogP contribution < -0.4 is 11.1 Å². The molecule has 0 aliphatic carbocycles. The Labute approximate surface area is 122 Å². The van der Waals surface area contributed by atoms with Crippen LogP contribution in [0.2, 0.25) is 0 Å². The highest BCUT2D eigenvalue weighted by atomic mass is 32.2. The first kappa shape index (κ1) is 18.1. The van der Waals surface area contributed by atoms with Gasteiger partial charge in [0.05, 0.1) is 0 Å². The standard InChI is InChI=1S/C14H28N4S/c1-13(2,3)10-14(4,5)19-9-7-6-8-17-12(16)18-11-15/h6-10H2,1-5H3,(H3,16,17,18). The van der Waals surface area contributed by atoms with Gasteiger partial charge in [-0.15, -0.1) is 0 Å². The van der Waals surface area contributed by atoms with Crippen molar-refractivity contribution in [2.45, 2.75) is 58.6 Å². The molecule has 0 heterocycles. The van der Waals surface area contributed by atoms with Gasteiger partial charge in [-0.1, -0.05) is 34.6 Å². The SMILES string of the molecule is CC(C)(C)CC(C)(C)SCCCCN=C(N)NC#N. The fourth-order valence-electron chi connectivity index (χ4n) is 2.19. The van der Waals surface area contributed by atoms with E-state index in [9.17, 15) is 0 Å². The Balaban J connectivity index is 3.75. The lowest BCUT2D eigenvalue weighted by Crippen LogP contribution is -2.27.